The highest BCUT2D eigenvalue weighted by Gasteiger charge is 2.27. The van der Waals surface area contributed by atoms with Gasteiger partial charge < -0.3 is 15.2 Å². The van der Waals surface area contributed by atoms with Crippen molar-refractivity contribution in [2.24, 2.45) is 5.41 Å². The van der Waals surface area contributed by atoms with Crippen LogP contribution in [0.2, 0.25) is 0 Å². The first-order chi connectivity index (χ1) is 13.4. The fourth-order valence-electron chi connectivity index (χ4n) is 3.37. The summed E-state index contributed by atoms with van der Waals surface area (Å²) in [4.78, 5) is 25.9. The number of amides is 1. The summed E-state index contributed by atoms with van der Waals surface area (Å²) < 4.78 is 5.56. The average molecular weight is 405 g/mol. The van der Waals surface area contributed by atoms with Crippen molar-refractivity contribution in [3.63, 3.8) is 0 Å². The van der Waals surface area contributed by atoms with Gasteiger partial charge in [-0.15, -0.1) is 0 Å². The van der Waals surface area contributed by atoms with Crippen molar-refractivity contribution < 1.29 is 19.4 Å². The van der Waals surface area contributed by atoms with Gasteiger partial charge in [-0.05, 0) is 69.1 Å². The van der Waals surface area contributed by atoms with Crippen LogP contribution in [0.1, 0.15) is 71.9 Å². The normalized spacial score (nSPS) is 15.6. The molecule has 0 aromatic heterocycles. The van der Waals surface area contributed by atoms with E-state index in [1.165, 1.54) is 0 Å². The number of aryl methyl sites for hydroxylation is 1. The summed E-state index contributed by atoms with van der Waals surface area (Å²) >= 11 is 0. The molecular weight excluding hydrogens is 368 g/mol. The van der Waals surface area contributed by atoms with Crippen molar-refractivity contribution in [3.05, 3.63) is 29.3 Å². The lowest BCUT2D eigenvalue weighted by Crippen LogP contribution is -2.40. The Morgan fingerprint density at radius 2 is 1.90 bits per heavy atom. The van der Waals surface area contributed by atoms with Crippen LogP contribution in [-0.4, -0.2) is 35.4 Å². The van der Waals surface area contributed by atoms with Crippen LogP contribution in [-0.2, 0) is 22.5 Å². The molecule has 6 nitrogen and oxygen atoms in total. The minimum absolute atomic E-state index is 0.0924. The Kier molecular flexibility index (Phi) is 7.33. The van der Waals surface area contributed by atoms with Crippen LogP contribution in [0.4, 0.5) is 10.5 Å². The summed E-state index contributed by atoms with van der Waals surface area (Å²) in [5.41, 5.74) is 2.49. The quantitative estimate of drug-likeness (QED) is 0.716. The lowest BCUT2D eigenvalue weighted by molar-refractivity contribution is -0.139. The summed E-state index contributed by atoms with van der Waals surface area (Å²) in [7, 11) is 0. The summed E-state index contributed by atoms with van der Waals surface area (Å²) in [6.45, 7) is 13.0. The van der Waals surface area contributed by atoms with E-state index in [1.54, 1.807) is 4.90 Å². The Balaban J connectivity index is 2.10. The number of hydrogen-bond acceptors (Lipinski definition) is 4. The van der Waals surface area contributed by atoms with Crippen molar-refractivity contribution in [1.82, 2.24) is 5.32 Å². The number of hydrogen-bond donors (Lipinski definition) is 2. The van der Waals surface area contributed by atoms with E-state index >= 15 is 0 Å². The predicted octanol–water partition coefficient (Wildman–Crippen LogP) is 4.74. The number of carboxylic acids is 1. The molecule has 0 radical (unpaired) electrons. The molecule has 1 aromatic carbocycles. The van der Waals surface area contributed by atoms with Crippen LogP contribution >= 0.6 is 0 Å². The number of nitrogens with one attached hydrogen (secondary N) is 1. The van der Waals surface area contributed by atoms with Crippen molar-refractivity contribution >= 4 is 17.7 Å². The van der Waals surface area contributed by atoms with E-state index in [0.717, 1.165) is 36.1 Å². The first kappa shape index (κ1) is 23.2. The second-order valence-electron chi connectivity index (χ2n) is 10.1. The molecule has 162 valence electrons. The van der Waals surface area contributed by atoms with E-state index in [9.17, 15) is 14.7 Å². The van der Waals surface area contributed by atoms with Crippen LogP contribution in [0.15, 0.2) is 18.2 Å². The third-order valence-corrected chi connectivity index (χ3v) is 4.92. The number of rotatable bonds is 6. The molecule has 1 aliphatic heterocycles. The zero-order valence-electron chi connectivity index (χ0n) is 18.7. The maximum absolute atomic E-state index is 12.6. The summed E-state index contributed by atoms with van der Waals surface area (Å²) in [6.07, 6.45) is 2.89. The molecule has 2 N–H and O–H groups in total. The molecule has 2 rings (SSSR count). The van der Waals surface area contributed by atoms with Gasteiger partial charge in [0.1, 0.15) is 11.6 Å². The number of aliphatic carboxylic acids is 1. The van der Waals surface area contributed by atoms with Gasteiger partial charge in [0.05, 0.1) is 5.69 Å². The molecule has 1 aromatic rings. The number of fused-ring (bicyclic) bond motifs is 1. The molecule has 1 aliphatic rings. The number of carboxylic acid groups (broad SMARTS) is 1. The Morgan fingerprint density at radius 3 is 2.48 bits per heavy atom. The zero-order chi connectivity index (χ0) is 21.8. The van der Waals surface area contributed by atoms with Crippen LogP contribution in [0, 0.1) is 5.41 Å². The van der Waals surface area contributed by atoms with E-state index in [1.807, 2.05) is 39.0 Å². The molecule has 0 bridgehead atoms. The number of carbonyl (C=O) groups is 2. The Bertz CT molecular complexity index is 731. The molecule has 0 saturated heterocycles. The number of anilines is 1. The fraction of sp³-hybridized carbons (Fsp3) is 0.652. The van der Waals surface area contributed by atoms with Gasteiger partial charge in [0.25, 0.3) is 0 Å². The first-order valence-corrected chi connectivity index (χ1v) is 10.4. The summed E-state index contributed by atoms with van der Waals surface area (Å²) in [5, 5.41) is 12.7. The highest BCUT2D eigenvalue weighted by molar-refractivity contribution is 5.89. The van der Waals surface area contributed by atoms with Gasteiger partial charge >= 0.3 is 12.1 Å². The molecule has 1 heterocycles. The van der Waals surface area contributed by atoms with Gasteiger partial charge in [-0.3, -0.25) is 9.69 Å². The van der Waals surface area contributed by atoms with Gasteiger partial charge in [0.2, 0.25) is 0 Å². The van der Waals surface area contributed by atoms with Crippen LogP contribution in [0.3, 0.4) is 0 Å². The maximum atomic E-state index is 12.6. The molecule has 0 unspecified atom stereocenters. The highest BCUT2D eigenvalue weighted by atomic mass is 16.6. The van der Waals surface area contributed by atoms with Crippen LogP contribution in [0.25, 0.3) is 0 Å². The third-order valence-electron chi connectivity index (χ3n) is 4.92. The molecule has 1 amide bonds. The van der Waals surface area contributed by atoms with Gasteiger partial charge in [0.15, 0.2) is 0 Å². The molecule has 0 aliphatic carbocycles. The lowest BCUT2D eigenvalue weighted by Gasteiger charge is -2.32. The van der Waals surface area contributed by atoms with Crippen molar-refractivity contribution in [3.8, 4) is 0 Å². The predicted molar refractivity (Wildman–Crippen MR) is 115 cm³/mol. The van der Waals surface area contributed by atoms with Gasteiger partial charge in [0, 0.05) is 13.1 Å². The first-order valence-electron chi connectivity index (χ1n) is 10.4. The van der Waals surface area contributed by atoms with E-state index in [-0.39, 0.29) is 11.5 Å². The molecule has 1 atom stereocenters. The minimum atomic E-state index is -0.831. The molecule has 29 heavy (non-hydrogen) atoms. The number of benzene rings is 1. The maximum Gasteiger partial charge on any atom is 0.414 e. The third kappa shape index (κ3) is 7.35. The van der Waals surface area contributed by atoms with E-state index in [4.69, 9.17) is 4.74 Å². The van der Waals surface area contributed by atoms with E-state index in [0.29, 0.717) is 19.5 Å². The second-order valence-corrected chi connectivity index (χ2v) is 10.1. The highest BCUT2D eigenvalue weighted by Crippen LogP contribution is 2.30. The Labute approximate surface area is 174 Å². The molecule has 0 fully saturated rings. The molecule has 6 heteroatoms. The summed E-state index contributed by atoms with van der Waals surface area (Å²) in [5.74, 6) is -0.831. The molecule has 0 spiro atoms. The minimum Gasteiger partial charge on any atom is -0.480 e. The average Bonchev–Trinajstić information content (AvgIpc) is 2.58. The van der Waals surface area contributed by atoms with E-state index in [2.05, 4.69) is 26.1 Å². The zero-order valence-corrected chi connectivity index (χ0v) is 18.7. The fourth-order valence-corrected chi connectivity index (χ4v) is 3.37. The topological polar surface area (TPSA) is 78.9 Å². The van der Waals surface area contributed by atoms with E-state index < -0.39 is 17.6 Å². The second kappa shape index (κ2) is 9.16. The van der Waals surface area contributed by atoms with Gasteiger partial charge in [-0.2, -0.15) is 0 Å². The SMILES string of the molecule is CC(C)(C)CC[C@H](NCc1ccc2c(c1)N(C(=O)OC(C)(C)C)CCC2)C(=O)O. The Hall–Kier alpha value is -2.08. The molecular formula is C23H36N2O4. The van der Waals surface area contributed by atoms with Gasteiger partial charge in [-0.25, -0.2) is 4.79 Å². The number of nitrogens with zero attached hydrogens (tertiary/aromatic N) is 1. The number of carbonyl (C=O) groups excluding carboxylic acids is 1. The van der Waals surface area contributed by atoms with Crippen molar-refractivity contribution in [2.75, 3.05) is 11.4 Å². The van der Waals surface area contributed by atoms with Crippen molar-refractivity contribution in [2.45, 2.75) is 85.4 Å². The van der Waals surface area contributed by atoms with Crippen LogP contribution < -0.4 is 10.2 Å². The number of ether oxygens (including phenoxy) is 1. The largest absolute Gasteiger partial charge is 0.480 e. The standard InChI is InChI=1S/C23H36N2O4/c1-22(2,3)12-11-18(20(26)27)24-15-16-9-10-17-8-7-13-25(19(17)14-16)21(28)29-23(4,5)6/h9-10,14,18,24H,7-8,11-13,15H2,1-6H3,(H,26,27)/t18-/m0/s1. The van der Waals surface area contributed by atoms with Crippen LogP contribution in [0.5, 0.6) is 0 Å². The lowest BCUT2D eigenvalue weighted by atomic mass is 9.88. The molecule has 0 saturated carbocycles. The smallest absolute Gasteiger partial charge is 0.414 e. The van der Waals surface area contributed by atoms with Crippen molar-refractivity contribution in [1.29, 1.82) is 0 Å². The van der Waals surface area contributed by atoms with Gasteiger partial charge in [-0.1, -0.05) is 32.9 Å². The monoisotopic (exact) mass is 404 g/mol. The summed E-state index contributed by atoms with van der Waals surface area (Å²) in [6, 6.07) is 5.43. The Morgan fingerprint density at radius 1 is 1.21 bits per heavy atom.